The van der Waals surface area contributed by atoms with Crippen LogP contribution in [0.1, 0.15) is 12.1 Å². The average molecular weight is 205 g/mol. The molecular weight excluding hydrogens is 194 g/mol. The third kappa shape index (κ3) is 2.10. The van der Waals surface area contributed by atoms with Crippen molar-refractivity contribution in [1.82, 2.24) is 15.1 Å². The third-order valence-electron chi connectivity index (χ3n) is 2.12. The van der Waals surface area contributed by atoms with Gasteiger partial charge in [0.2, 0.25) is 5.88 Å². The molecule has 15 heavy (non-hydrogen) atoms. The van der Waals surface area contributed by atoms with Crippen molar-refractivity contribution in [3.63, 3.8) is 0 Å². The van der Waals surface area contributed by atoms with Gasteiger partial charge in [0.25, 0.3) is 5.91 Å². The topological polar surface area (TPSA) is 56.2 Å². The Balaban J connectivity index is 2.01. The summed E-state index contributed by atoms with van der Waals surface area (Å²) in [5, 5.41) is 6.82. The molecule has 0 fully saturated rings. The van der Waals surface area contributed by atoms with Gasteiger partial charge in [-0.25, -0.2) is 4.68 Å². The highest BCUT2D eigenvalue weighted by molar-refractivity contribution is 5.92. The first-order chi connectivity index (χ1) is 7.29. The number of amides is 1. The monoisotopic (exact) mass is 205 g/mol. The molecular formula is C10H11N3O2. The first-order valence-electron chi connectivity index (χ1n) is 4.73. The Morgan fingerprint density at radius 1 is 1.80 bits per heavy atom. The molecule has 1 aromatic rings. The molecule has 0 unspecified atom stereocenters. The van der Waals surface area contributed by atoms with Crippen LogP contribution >= 0.6 is 0 Å². The number of rotatable bonds is 2. The lowest BCUT2D eigenvalue weighted by molar-refractivity contribution is -0.115. The van der Waals surface area contributed by atoms with Gasteiger partial charge in [-0.1, -0.05) is 0 Å². The molecule has 2 rings (SSSR count). The lowest BCUT2D eigenvalue weighted by Gasteiger charge is -2.13. The van der Waals surface area contributed by atoms with Crippen LogP contribution in [0, 0.1) is 12.3 Å². The molecule has 78 valence electrons. The van der Waals surface area contributed by atoms with E-state index in [1.165, 1.54) is 0 Å². The van der Waals surface area contributed by atoms with Crippen LogP contribution in [0.5, 0.6) is 5.88 Å². The van der Waals surface area contributed by atoms with Crippen molar-refractivity contribution in [2.24, 2.45) is 0 Å². The lowest BCUT2D eigenvalue weighted by Crippen LogP contribution is -2.21. The number of carbonyl (C=O) groups excluding carboxylic acids is 1. The fourth-order valence-electron chi connectivity index (χ4n) is 1.43. The highest BCUT2D eigenvalue weighted by atomic mass is 16.5. The average Bonchev–Trinajstić information content (AvgIpc) is 2.68. The number of carbonyl (C=O) groups is 1. The molecule has 0 radical (unpaired) electrons. The van der Waals surface area contributed by atoms with Crippen LogP contribution in [0.15, 0.2) is 6.07 Å². The summed E-state index contributed by atoms with van der Waals surface area (Å²) in [6.45, 7) is 1.92. The van der Waals surface area contributed by atoms with Crippen molar-refractivity contribution < 1.29 is 9.53 Å². The van der Waals surface area contributed by atoms with E-state index in [0.717, 1.165) is 31.1 Å². The van der Waals surface area contributed by atoms with E-state index >= 15 is 0 Å². The zero-order valence-corrected chi connectivity index (χ0v) is 8.19. The van der Waals surface area contributed by atoms with Crippen LogP contribution in [0.4, 0.5) is 0 Å². The minimum absolute atomic E-state index is 0.340. The van der Waals surface area contributed by atoms with Crippen LogP contribution < -0.4 is 10.1 Å². The number of nitrogens with zero attached hydrogens (tertiary/aromatic N) is 2. The highest BCUT2D eigenvalue weighted by Gasteiger charge is 2.13. The molecule has 1 amide bonds. The normalized spacial score (nSPS) is 13.5. The number of aryl methyl sites for hydroxylation is 1. The van der Waals surface area contributed by atoms with E-state index < -0.39 is 5.91 Å². The molecule has 1 aromatic heterocycles. The summed E-state index contributed by atoms with van der Waals surface area (Å²) in [4.78, 5) is 10.8. The summed E-state index contributed by atoms with van der Waals surface area (Å²) >= 11 is 0. The van der Waals surface area contributed by atoms with Crippen LogP contribution in [-0.4, -0.2) is 22.3 Å². The van der Waals surface area contributed by atoms with E-state index in [0.29, 0.717) is 6.54 Å². The summed E-state index contributed by atoms with van der Waals surface area (Å²) in [5.74, 6) is 2.31. The van der Waals surface area contributed by atoms with Gasteiger partial charge in [0.1, 0.15) is 0 Å². The number of aromatic nitrogens is 2. The summed E-state index contributed by atoms with van der Waals surface area (Å²) in [6, 6.07) is 1.82. The van der Waals surface area contributed by atoms with Gasteiger partial charge in [0, 0.05) is 19.0 Å². The Kier molecular flexibility index (Phi) is 2.59. The smallest absolute Gasteiger partial charge is 0.295 e. The summed E-state index contributed by atoms with van der Waals surface area (Å²) in [6.07, 6.45) is 5.88. The maximum Gasteiger partial charge on any atom is 0.295 e. The number of terminal acetylenes is 1. The van der Waals surface area contributed by atoms with E-state index in [1.807, 2.05) is 12.0 Å². The van der Waals surface area contributed by atoms with Crippen LogP contribution in [0.3, 0.4) is 0 Å². The van der Waals surface area contributed by atoms with Gasteiger partial charge >= 0.3 is 0 Å². The second-order valence-corrected chi connectivity index (χ2v) is 3.23. The fraction of sp³-hybridized carbons (Fsp3) is 0.400. The fourth-order valence-corrected chi connectivity index (χ4v) is 1.43. The summed E-state index contributed by atoms with van der Waals surface area (Å²) < 4.78 is 7.18. The van der Waals surface area contributed by atoms with E-state index in [1.54, 1.807) is 4.68 Å². The molecule has 0 aromatic carbocycles. The Hall–Kier alpha value is -1.96. The molecule has 2 heterocycles. The molecule has 0 bridgehead atoms. The zero-order valence-electron chi connectivity index (χ0n) is 8.19. The molecule has 5 heteroatoms. The molecule has 1 aliphatic rings. The van der Waals surface area contributed by atoms with Gasteiger partial charge in [-0.3, -0.25) is 4.79 Å². The second kappa shape index (κ2) is 4.05. The Bertz CT molecular complexity index is 393. The molecule has 1 N–H and O–H groups in total. The van der Waals surface area contributed by atoms with Gasteiger partial charge < -0.3 is 10.1 Å². The minimum atomic E-state index is -0.429. The maximum absolute atomic E-state index is 10.8. The van der Waals surface area contributed by atoms with Gasteiger partial charge in [0.05, 0.1) is 18.8 Å². The third-order valence-corrected chi connectivity index (χ3v) is 2.12. The Labute approximate surface area is 87.4 Å². The predicted molar refractivity (Wildman–Crippen MR) is 53.0 cm³/mol. The van der Waals surface area contributed by atoms with E-state index in [-0.39, 0.29) is 0 Å². The summed E-state index contributed by atoms with van der Waals surface area (Å²) in [7, 11) is 0. The van der Waals surface area contributed by atoms with Gasteiger partial charge in [0.15, 0.2) is 0 Å². The molecule has 1 aliphatic heterocycles. The molecule has 0 saturated carbocycles. The molecule has 0 spiro atoms. The van der Waals surface area contributed by atoms with Crippen molar-refractivity contribution >= 4 is 5.91 Å². The zero-order chi connectivity index (χ0) is 10.7. The minimum Gasteiger partial charge on any atom is -0.478 e. The van der Waals surface area contributed by atoms with Crippen molar-refractivity contribution in [2.75, 3.05) is 6.61 Å². The largest absolute Gasteiger partial charge is 0.478 e. The number of nitrogens with one attached hydrogen (secondary N) is 1. The Morgan fingerprint density at radius 3 is 3.40 bits per heavy atom. The summed E-state index contributed by atoms with van der Waals surface area (Å²) in [5.41, 5.74) is 0.760. The number of fused-ring (bicyclic) bond motifs is 1. The molecule has 5 nitrogen and oxygen atoms in total. The van der Waals surface area contributed by atoms with Gasteiger partial charge in [-0.05, 0) is 5.92 Å². The van der Waals surface area contributed by atoms with Crippen LogP contribution in [0.25, 0.3) is 0 Å². The van der Waals surface area contributed by atoms with E-state index in [4.69, 9.17) is 11.2 Å². The number of hydrogen-bond donors (Lipinski definition) is 1. The maximum atomic E-state index is 10.8. The van der Waals surface area contributed by atoms with Crippen molar-refractivity contribution in [1.29, 1.82) is 0 Å². The molecule has 0 aliphatic carbocycles. The number of hydrogen-bond acceptors (Lipinski definition) is 3. The predicted octanol–water partition coefficient (Wildman–Crippen LogP) is -0.0850. The van der Waals surface area contributed by atoms with E-state index in [9.17, 15) is 4.79 Å². The van der Waals surface area contributed by atoms with E-state index in [2.05, 4.69) is 10.4 Å². The van der Waals surface area contributed by atoms with Gasteiger partial charge in [-0.15, -0.1) is 6.42 Å². The number of ether oxygens (including phenoxy) is 1. The second-order valence-electron chi connectivity index (χ2n) is 3.23. The first-order valence-corrected chi connectivity index (χ1v) is 4.73. The highest BCUT2D eigenvalue weighted by Crippen LogP contribution is 2.17. The standard InChI is InChI=1S/C10H11N3O2/c1-2-9(14)11-7-8-6-10-13(12-8)4-3-5-15-10/h1,6H,3-5,7H2,(H,11,14). The Morgan fingerprint density at radius 2 is 2.67 bits per heavy atom. The molecule has 0 saturated heterocycles. The van der Waals surface area contributed by atoms with Crippen LogP contribution in [-0.2, 0) is 17.9 Å². The lowest BCUT2D eigenvalue weighted by atomic mass is 10.4. The molecule has 0 atom stereocenters. The van der Waals surface area contributed by atoms with Crippen molar-refractivity contribution in [3.05, 3.63) is 11.8 Å². The SMILES string of the molecule is C#CC(=O)NCc1cc2n(n1)CCCO2. The first kappa shape index (κ1) is 9.59. The van der Waals surface area contributed by atoms with Crippen molar-refractivity contribution in [3.8, 4) is 18.2 Å². The van der Waals surface area contributed by atoms with Crippen LogP contribution in [0.2, 0.25) is 0 Å². The quantitative estimate of drug-likeness (QED) is 0.687. The van der Waals surface area contributed by atoms with Gasteiger partial charge in [-0.2, -0.15) is 5.10 Å². The van der Waals surface area contributed by atoms with Crippen molar-refractivity contribution in [2.45, 2.75) is 19.5 Å².